The van der Waals surface area contributed by atoms with Crippen LogP contribution in [0.2, 0.25) is 0 Å². The molecule has 0 saturated carbocycles. The van der Waals surface area contributed by atoms with E-state index < -0.39 is 27.8 Å². The highest BCUT2D eigenvalue weighted by molar-refractivity contribution is 9.10. The molecule has 10 nitrogen and oxygen atoms in total. The summed E-state index contributed by atoms with van der Waals surface area (Å²) < 4.78 is 37.2. The van der Waals surface area contributed by atoms with Gasteiger partial charge in [-0.1, -0.05) is 0 Å². The maximum Gasteiger partial charge on any atom is 0.321 e. The van der Waals surface area contributed by atoms with Crippen LogP contribution in [-0.4, -0.2) is 59.5 Å². The largest absolute Gasteiger partial charge is 0.338 e. The Bertz CT molecular complexity index is 1130. The number of Topliss-reactive ketones (excluding diaryl/α,β-unsaturated/α-hetero) is 1. The quantitative estimate of drug-likeness (QED) is 0.414. The molecule has 3 rings (SSSR count). The molecular formula is C18H20BrFN6O4S. The van der Waals surface area contributed by atoms with E-state index in [1.807, 2.05) is 0 Å². The number of amidine groups is 1. The molecule has 1 aromatic carbocycles. The van der Waals surface area contributed by atoms with Crippen molar-refractivity contribution in [3.63, 3.8) is 0 Å². The molecule has 0 atom stereocenters. The number of hydrogen-bond donors (Lipinski definition) is 3. The minimum Gasteiger partial charge on any atom is -0.338 e. The molecule has 31 heavy (non-hydrogen) atoms. The Kier molecular flexibility index (Phi) is 6.74. The van der Waals surface area contributed by atoms with Crippen molar-refractivity contribution in [2.75, 3.05) is 30.0 Å². The zero-order valence-electron chi connectivity index (χ0n) is 16.4. The molecule has 0 bridgehead atoms. The summed E-state index contributed by atoms with van der Waals surface area (Å²) in [5.74, 6) is -1.54. The summed E-state index contributed by atoms with van der Waals surface area (Å²) in [5.41, 5.74) is 0.656. The maximum atomic E-state index is 13.3. The van der Waals surface area contributed by atoms with Crippen molar-refractivity contribution >= 4 is 55.0 Å². The van der Waals surface area contributed by atoms with Gasteiger partial charge in [0.1, 0.15) is 5.82 Å². The van der Waals surface area contributed by atoms with Crippen LogP contribution in [0, 0.1) is 17.1 Å². The molecule has 166 valence electrons. The third-order valence-corrected chi connectivity index (χ3v) is 6.23. The number of nitrogens with one attached hydrogen (secondary N) is 3. The Morgan fingerprint density at radius 3 is 2.48 bits per heavy atom. The number of anilines is 2. The Labute approximate surface area is 186 Å². The average molecular weight is 515 g/mol. The first-order valence-electron chi connectivity index (χ1n) is 9.20. The predicted molar refractivity (Wildman–Crippen MR) is 116 cm³/mol. The van der Waals surface area contributed by atoms with Crippen molar-refractivity contribution in [1.82, 2.24) is 14.1 Å². The third-order valence-electron chi connectivity index (χ3n) is 4.74. The lowest BCUT2D eigenvalue weighted by molar-refractivity contribution is -0.117. The summed E-state index contributed by atoms with van der Waals surface area (Å²) in [6, 6.07) is 3.67. The lowest BCUT2D eigenvalue weighted by Gasteiger charge is -2.31. The van der Waals surface area contributed by atoms with Gasteiger partial charge in [-0.15, -0.1) is 0 Å². The Morgan fingerprint density at radius 1 is 1.23 bits per heavy atom. The van der Waals surface area contributed by atoms with Crippen LogP contribution in [0.3, 0.4) is 0 Å². The van der Waals surface area contributed by atoms with Gasteiger partial charge in [0, 0.05) is 24.7 Å². The van der Waals surface area contributed by atoms with Crippen molar-refractivity contribution < 1.29 is 22.4 Å². The number of urea groups is 1. The molecule has 2 heterocycles. The highest BCUT2D eigenvalue weighted by atomic mass is 79.9. The monoisotopic (exact) mass is 514 g/mol. The molecule has 1 aromatic heterocycles. The highest BCUT2D eigenvalue weighted by Gasteiger charge is 2.29. The van der Waals surface area contributed by atoms with Crippen LogP contribution in [0.4, 0.5) is 20.6 Å². The number of piperidine rings is 1. The zero-order chi connectivity index (χ0) is 22.8. The molecule has 1 aliphatic rings. The second-order valence-corrected chi connectivity index (χ2v) is 9.74. The van der Waals surface area contributed by atoms with Crippen molar-refractivity contribution in [3.05, 3.63) is 40.9 Å². The molecule has 0 radical (unpaired) electrons. The first-order chi connectivity index (χ1) is 14.5. The first kappa shape index (κ1) is 22.9. The summed E-state index contributed by atoms with van der Waals surface area (Å²) in [5, 5.41) is 16.9. The minimum atomic E-state index is -3.54. The van der Waals surface area contributed by atoms with Crippen LogP contribution in [-0.2, 0) is 14.8 Å². The number of nitrogens with zero attached hydrogens (tertiary/aromatic N) is 3. The van der Waals surface area contributed by atoms with E-state index in [-0.39, 0.29) is 21.8 Å². The number of hydrogen-bond acceptors (Lipinski definition) is 6. The van der Waals surface area contributed by atoms with Gasteiger partial charge in [0.05, 0.1) is 28.8 Å². The van der Waals surface area contributed by atoms with Gasteiger partial charge in [0.25, 0.3) is 10.0 Å². The maximum absolute atomic E-state index is 13.3. The number of carbonyl (C=O) groups is 2. The number of benzene rings is 1. The lowest BCUT2D eigenvalue weighted by Crippen LogP contribution is -2.44. The molecule has 1 saturated heterocycles. The van der Waals surface area contributed by atoms with Crippen LogP contribution in [0.15, 0.2) is 35.1 Å². The standard InChI is InChI=1S/C18H20BrFN6O4S/c1-31(29,30)26-10-13(9-22-26)24-18(28)25-6-4-11(5-7-25)16(27)17(21)23-12-2-3-15(20)14(19)8-12/h2-3,8-11H,4-7H2,1H3,(H2,21,23)(H,24,28). The topological polar surface area (TPSA) is 137 Å². The molecule has 1 fully saturated rings. The number of likely N-dealkylation sites (tertiary alicyclic amines) is 1. The smallest absolute Gasteiger partial charge is 0.321 e. The summed E-state index contributed by atoms with van der Waals surface area (Å²) >= 11 is 3.06. The van der Waals surface area contributed by atoms with Crippen molar-refractivity contribution in [2.24, 2.45) is 5.92 Å². The van der Waals surface area contributed by atoms with Gasteiger partial charge < -0.3 is 15.5 Å². The van der Waals surface area contributed by atoms with Gasteiger partial charge >= 0.3 is 6.03 Å². The number of halogens is 2. The van der Waals surface area contributed by atoms with E-state index in [1.54, 1.807) is 0 Å². The summed E-state index contributed by atoms with van der Waals surface area (Å²) in [6.07, 6.45) is 4.19. The van der Waals surface area contributed by atoms with Crippen LogP contribution in [0.1, 0.15) is 12.8 Å². The molecule has 2 aromatic rings. The zero-order valence-corrected chi connectivity index (χ0v) is 18.8. The van der Waals surface area contributed by atoms with Gasteiger partial charge in [-0.25, -0.2) is 17.6 Å². The van der Waals surface area contributed by atoms with Gasteiger partial charge in [-0.3, -0.25) is 10.2 Å². The molecule has 0 unspecified atom stereocenters. The number of carbonyl (C=O) groups excluding carboxylic acids is 2. The van der Waals surface area contributed by atoms with Crippen molar-refractivity contribution in [2.45, 2.75) is 12.8 Å². The minimum absolute atomic E-state index is 0.221. The first-order valence-corrected chi connectivity index (χ1v) is 11.8. The molecule has 1 aliphatic heterocycles. The SMILES string of the molecule is CS(=O)(=O)n1cc(NC(=O)N2CCC(C(=O)C(=N)Nc3ccc(F)c(Br)c3)CC2)cn1. The molecule has 0 spiro atoms. The molecule has 2 amide bonds. The fourth-order valence-corrected chi connectivity index (χ4v) is 3.98. The normalized spacial score (nSPS) is 14.9. The van der Waals surface area contributed by atoms with E-state index in [9.17, 15) is 22.4 Å². The number of amides is 2. The van der Waals surface area contributed by atoms with Crippen molar-refractivity contribution in [1.29, 1.82) is 5.41 Å². The number of rotatable bonds is 5. The van der Waals surface area contributed by atoms with E-state index in [1.165, 1.54) is 35.5 Å². The van der Waals surface area contributed by atoms with E-state index in [0.29, 0.717) is 31.6 Å². The molecule has 13 heteroatoms. The molecular weight excluding hydrogens is 495 g/mol. The predicted octanol–water partition coefficient (Wildman–Crippen LogP) is 2.49. The Morgan fingerprint density at radius 2 is 1.90 bits per heavy atom. The average Bonchev–Trinajstić information content (AvgIpc) is 3.19. The fourth-order valence-electron chi connectivity index (χ4n) is 3.08. The Balaban J connectivity index is 1.51. The molecule has 0 aliphatic carbocycles. The third kappa shape index (κ3) is 5.67. The van der Waals surface area contributed by atoms with Crippen LogP contribution >= 0.6 is 15.9 Å². The highest BCUT2D eigenvalue weighted by Crippen LogP contribution is 2.22. The van der Waals surface area contributed by atoms with E-state index in [0.717, 1.165) is 10.3 Å². The Hall–Kier alpha value is -2.80. The van der Waals surface area contributed by atoms with E-state index in [2.05, 4.69) is 31.7 Å². The number of aromatic nitrogens is 2. The van der Waals surface area contributed by atoms with Gasteiger partial charge in [0.2, 0.25) is 5.78 Å². The van der Waals surface area contributed by atoms with Gasteiger partial charge in [0.15, 0.2) is 5.84 Å². The van der Waals surface area contributed by atoms with Crippen molar-refractivity contribution in [3.8, 4) is 0 Å². The lowest BCUT2D eigenvalue weighted by atomic mass is 9.92. The van der Waals surface area contributed by atoms with E-state index >= 15 is 0 Å². The fraction of sp³-hybridized carbons (Fsp3) is 0.333. The van der Waals surface area contributed by atoms with Crippen LogP contribution in [0.5, 0.6) is 0 Å². The number of ketones is 1. The molecule has 3 N–H and O–H groups in total. The van der Waals surface area contributed by atoms with Crippen LogP contribution < -0.4 is 10.6 Å². The van der Waals surface area contributed by atoms with Gasteiger partial charge in [-0.05, 0) is 47.0 Å². The van der Waals surface area contributed by atoms with Crippen LogP contribution in [0.25, 0.3) is 0 Å². The summed E-state index contributed by atoms with van der Waals surface area (Å²) in [4.78, 5) is 26.5. The summed E-state index contributed by atoms with van der Waals surface area (Å²) in [7, 11) is -3.54. The summed E-state index contributed by atoms with van der Waals surface area (Å²) in [6.45, 7) is 0.607. The second kappa shape index (κ2) is 9.14. The second-order valence-electron chi connectivity index (χ2n) is 7.05. The van der Waals surface area contributed by atoms with E-state index in [4.69, 9.17) is 5.41 Å². The van der Waals surface area contributed by atoms with Gasteiger partial charge in [-0.2, -0.15) is 9.19 Å².